The second kappa shape index (κ2) is 5.77. The van der Waals surface area contributed by atoms with Crippen molar-refractivity contribution in [2.75, 3.05) is 0 Å². The first-order valence-electron chi connectivity index (χ1n) is 5.45. The van der Waals surface area contributed by atoms with E-state index in [0.29, 0.717) is 24.3 Å². The van der Waals surface area contributed by atoms with Crippen molar-refractivity contribution in [3.05, 3.63) is 35.2 Å². The SMILES string of the molecule is C=CCCC(=O)OCc1nc2ncc(Br)cc2[nH]1. The third-order valence-corrected chi connectivity index (χ3v) is 2.71. The lowest BCUT2D eigenvalue weighted by Crippen LogP contribution is -2.04. The molecule has 0 bridgehead atoms. The minimum Gasteiger partial charge on any atom is -0.458 e. The third kappa shape index (κ3) is 3.16. The molecule has 0 saturated heterocycles. The number of ether oxygens (including phenoxy) is 1. The van der Waals surface area contributed by atoms with Gasteiger partial charge in [-0.15, -0.1) is 6.58 Å². The zero-order valence-electron chi connectivity index (χ0n) is 9.65. The van der Waals surface area contributed by atoms with Crippen LogP contribution in [-0.2, 0) is 16.1 Å². The van der Waals surface area contributed by atoms with E-state index in [-0.39, 0.29) is 12.6 Å². The van der Waals surface area contributed by atoms with Crippen LogP contribution in [0, 0.1) is 0 Å². The van der Waals surface area contributed by atoms with Crippen LogP contribution >= 0.6 is 15.9 Å². The fourth-order valence-electron chi connectivity index (χ4n) is 1.43. The van der Waals surface area contributed by atoms with Gasteiger partial charge in [-0.2, -0.15) is 0 Å². The second-order valence-corrected chi connectivity index (χ2v) is 4.61. The van der Waals surface area contributed by atoms with Crippen molar-refractivity contribution < 1.29 is 9.53 Å². The highest BCUT2D eigenvalue weighted by molar-refractivity contribution is 9.10. The monoisotopic (exact) mass is 309 g/mol. The molecule has 2 heterocycles. The Morgan fingerprint density at radius 1 is 1.61 bits per heavy atom. The number of hydrogen-bond donors (Lipinski definition) is 1. The van der Waals surface area contributed by atoms with Gasteiger partial charge in [0, 0.05) is 17.1 Å². The zero-order chi connectivity index (χ0) is 13.0. The largest absolute Gasteiger partial charge is 0.458 e. The average molecular weight is 310 g/mol. The summed E-state index contributed by atoms with van der Waals surface area (Å²) in [6.45, 7) is 3.68. The summed E-state index contributed by atoms with van der Waals surface area (Å²) in [6, 6.07) is 1.87. The number of esters is 1. The molecule has 0 aromatic carbocycles. The van der Waals surface area contributed by atoms with Crippen molar-refractivity contribution in [1.82, 2.24) is 15.0 Å². The summed E-state index contributed by atoms with van der Waals surface area (Å²) in [5.41, 5.74) is 1.41. The Labute approximate surface area is 112 Å². The fraction of sp³-hybridized carbons (Fsp3) is 0.250. The van der Waals surface area contributed by atoms with Gasteiger partial charge in [0.15, 0.2) is 5.65 Å². The Morgan fingerprint density at radius 2 is 2.44 bits per heavy atom. The van der Waals surface area contributed by atoms with E-state index in [0.717, 1.165) is 9.99 Å². The third-order valence-electron chi connectivity index (χ3n) is 2.28. The molecule has 0 atom stereocenters. The van der Waals surface area contributed by atoms with Crippen LogP contribution in [0.5, 0.6) is 0 Å². The van der Waals surface area contributed by atoms with E-state index < -0.39 is 0 Å². The summed E-state index contributed by atoms with van der Waals surface area (Å²) in [6.07, 6.45) is 4.31. The molecular weight excluding hydrogens is 298 g/mol. The maximum absolute atomic E-state index is 11.3. The number of H-pyrrole nitrogens is 1. The van der Waals surface area contributed by atoms with Crippen LogP contribution in [0.25, 0.3) is 11.2 Å². The molecule has 2 aromatic heterocycles. The number of nitrogens with zero attached hydrogens (tertiary/aromatic N) is 2. The van der Waals surface area contributed by atoms with Gasteiger partial charge in [0.2, 0.25) is 0 Å². The quantitative estimate of drug-likeness (QED) is 0.681. The smallest absolute Gasteiger partial charge is 0.306 e. The summed E-state index contributed by atoms with van der Waals surface area (Å²) in [5, 5.41) is 0. The molecule has 5 nitrogen and oxygen atoms in total. The number of aromatic nitrogens is 3. The molecule has 94 valence electrons. The summed E-state index contributed by atoms with van der Waals surface area (Å²) < 4.78 is 5.94. The van der Waals surface area contributed by atoms with Crippen LogP contribution in [0.3, 0.4) is 0 Å². The Morgan fingerprint density at radius 3 is 3.22 bits per heavy atom. The van der Waals surface area contributed by atoms with Crippen LogP contribution in [0.4, 0.5) is 0 Å². The summed E-state index contributed by atoms with van der Waals surface area (Å²) in [7, 11) is 0. The second-order valence-electron chi connectivity index (χ2n) is 3.70. The van der Waals surface area contributed by atoms with Gasteiger partial charge in [0.1, 0.15) is 12.4 Å². The number of imidazole rings is 1. The fourth-order valence-corrected chi connectivity index (χ4v) is 1.76. The van der Waals surface area contributed by atoms with Crippen LogP contribution in [0.15, 0.2) is 29.4 Å². The predicted molar refractivity (Wildman–Crippen MR) is 70.8 cm³/mol. The molecular formula is C12H12BrN3O2. The normalized spacial score (nSPS) is 10.5. The number of nitrogens with one attached hydrogen (secondary N) is 1. The van der Waals surface area contributed by atoms with Crippen molar-refractivity contribution in [3.63, 3.8) is 0 Å². The van der Waals surface area contributed by atoms with Gasteiger partial charge >= 0.3 is 5.97 Å². The Balaban J connectivity index is 1.99. The first-order valence-corrected chi connectivity index (χ1v) is 6.25. The van der Waals surface area contributed by atoms with Gasteiger partial charge < -0.3 is 9.72 Å². The lowest BCUT2D eigenvalue weighted by atomic mass is 10.3. The van der Waals surface area contributed by atoms with E-state index in [1.807, 2.05) is 6.07 Å². The van der Waals surface area contributed by atoms with Crippen LogP contribution in [0.1, 0.15) is 18.7 Å². The summed E-state index contributed by atoms with van der Waals surface area (Å²) in [5.74, 6) is 0.326. The van der Waals surface area contributed by atoms with Gasteiger partial charge in [0.25, 0.3) is 0 Å². The topological polar surface area (TPSA) is 67.9 Å². The van der Waals surface area contributed by atoms with E-state index in [1.54, 1.807) is 12.3 Å². The van der Waals surface area contributed by atoms with Gasteiger partial charge in [0.05, 0.1) is 5.52 Å². The van der Waals surface area contributed by atoms with Gasteiger partial charge in [-0.25, -0.2) is 9.97 Å². The predicted octanol–water partition coefficient (Wildman–Crippen LogP) is 2.73. The highest BCUT2D eigenvalue weighted by Crippen LogP contribution is 2.15. The maximum atomic E-state index is 11.3. The number of fused-ring (bicyclic) bond motifs is 1. The van der Waals surface area contributed by atoms with Gasteiger partial charge in [-0.3, -0.25) is 4.79 Å². The number of aromatic amines is 1. The molecule has 18 heavy (non-hydrogen) atoms. The number of halogens is 1. The summed E-state index contributed by atoms with van der Waals surface area (Å²) >= 11 is 3.33. The van der Waals surface area contributed by atoms with Crippen LogP contribution < -0.4 is 0 Å². The number of hydrogen-bond acceptors (Lipinski definition) is 4. The average Bonchev–Trinajstić information content (AvgIpc) is 2.75. The highest BCUT2D eigenvalue weighted by atomic mass is 79.9. The molecule has 0 spiro atoms. The minimum absolute atomic E-state index is 0.129. The van der Waals surface area contributed by atoms with Gasteiger partial charge in [-0.05, 0) is 28.4 Å². The van der Waals surface area contributed by atoms with E-state index in [2.05, 4.69) is 37.5 Å². The molecule has 2 aromatic rings. The first-order chi connectivity index (χ1) is 8.69. The summed E-state index contributed by atoms with van der Waals surface area (Å²) in [4.78, 5) is 22.7. The van der Waals surface area contributed by atoms with E-state index >= 15 is 0 Å². The number of carbonyl (C=O) groups is 1. The van der Waals surface area contributed by atoms with E-state index in [4.69, 9.17) is 4.74 Å². The molecule has 2 rings (SSSR count). The highest BCUT2D eigenvalue weighted by Gasteiger charge is 2.07. The Kier molecular flexibility index (Phi) is 4.09. The van der Waals surface area contributed by atoms with E-state index in [9.17, 15) is 4.79 Å². The van der Waals surface area contributed by atoms with Crippen LogP contribution in [-0.4, -0.2) is 20.9 Å². The number of pyridine rings is 1. The lowest BCUT2D eigenvalue weighted by Gasteiger charge is -2.00. The number of rotatable bonds is 5. The standard InChI is InChI=1S/C12H12BrN3O2/c1-2-3-4-11(17)18-7-10-15-9-5-8(13)6-14-12(9)16-10/h2,5-6H,1,3-4,7H2,(H,14,15,16). The first kappa shape index (κ1) is 12.8. The molecule has 0 unspecified atom stereocenters. The molecule has 0 fully saturated rings. The van der Waals surface area contributed by atoms with Crippen molar-refractivity contribution in [3.8, 4) is 0 Å². The van der Waals surface area contributed by atoms with E-state index in [1.165, 1.54) is 0 Å². The number of carbonyl (C=O) groups excluding carboxylic acids is 1. The molecule has 6 heteroatoms. The van der Waals surface area contributed by atoms with Crippen LogP contribution in [0.2, 0.25) is 0 Å². The van der Waals surface area contributed by atoms with Crippen molar-refractivity contribution >= 4 is 33.1 Å². The lowest BCUT2D eigenvalue weighted by molar-refractivity contribution is -0.145. The molecule has 0 aliphatic carbocycles. The maximum Gasteiger partial charge on any atom is 0.306 e. The van der Waals surface area contributed by atoms with Crippen molar-refractivity contribution in [1.29, 1.82) is 0 Å². The molecule has 0 aliphatic rings. The number of allylic oxidation sites excluding steroid dienone is 1. The molecule has 0 aliphatic heterocycles. The van der Waals surface area contributed by atoms with Gasteiger partial charge in [-0.1, -0.05) is 6.08 Å². The molecule has 1 N–H and O–H groups in total. The van der Waals surface area contributed by atoms with Crippen molar-refractivity contribution in [2.24, 2.45) is 0 Å². The molecule has 0 saturated carbocycles. The Hall–Kier alpha value is -1.69. The Bertz CT molecular complexity index is 580. The molecule has 0 radical (unpaired) electrons. The minimum atomic E-state index is -0.260. The molecule has 0 amide bonds. The zero-order valence-corrected chi connectivity index (χ0v) is 11.2. The van der Waals surface area contributed by atoms with Crippen molar-refractivity contribution in [2.45, 2.75) is 19.4 Å².